The van der Waals surface area contributed by atoms with Gasteiger partial charge in [-0.3, -0.25) is 0 Å². The normalized spacial score (nSPS) is 21.8. The lowest BCUT2D eigenvalue weighted by atomic mass is 9.98. The molecule has 0 unspecified atom stereocenters. The molecule has 1 heterocycles. The Kier molecular flexibility index (Phi) is 10.9. The second-order valence-electron chi connectivity index (χ2n) is 11.3. The van der Waals surface area contributed by atoms with Crippen LogP contribution < -0.4 is 0 Å². The van der Waals surface area contributed by atoms with Crippen molar-refractivity contribution in [1.82, 2.24) is 0 Å². The zero-order valence-electron chi connectivity index (χ0n) is 26.4. The number of carbonyl (C=O) groups excluding carboxylic acids is 2. The highest BCUT2D eigenvalue weighted by Gasteiger charge is 2.53. The molecule has 5 atom stereocenters. The summed E-state index contributed by atoms with van der Waals surface area (Å²) in [6.45, 7) is 2.51. The molecule has 1 fully saturated rings. The van der Waals surface area contributed by atoms with Gasteiger partial charge in [0.15, 0.2) is 12.2 Å². The Morgan fingerprint density at radius 1 is 0.702 bits per heavy atom. The number of thioether (sulfide) groups is 1. The first-order valence-corrected chi connectivity index (χ1v) is 16.8. The maximum Gasteiger partial charge on any atom is 0.508 e. The van der Waals surface area contributed by atoms with Gasteiger partial charge in [-0.25, -0.2) is 9.59 Å². The van der Waals surface area contributed by atoms with Crippen molar-refractivity contribution >= 4 is 23.9 Å². The van der Waals surface area contributed by atoms with Gasteiger partial charge in [-0.05, 0) is 39.1 Å². The zero-order valence-corrected chi connectivity index (χ0v) is 27.2. The summed E-state index contributed by atoms with van der Waals surface area (Å²) in [7, 11) is 1.27. The number of hydrogen-bond donors (Lipinski definition) is 0. The summed E-state index contributed by atoms with van der Waals surface area (Å²) >= 11 is 1.48. The lowest BCUT2D eigenvalue weighted by molar-refractivity contribution is -0.238. The third-order valence-corrected chi connectivity index (χ3v) is 9.43. The second-order valence-corrected chi connectivity index (χ2v) is 12.7. The summed E-state index contributed by atoms with van der Waals surface area (Å²) in [6.07, 6.45) is -5.00. The number of rotatable bonds is 12. The van der Waals surface area contributed by atoms with Crippen molar-refractivity contribution in [2.45, 2.75) is 55.9 Å². The summed E-state index contributed by atoms with van der Waals surface area (Å²) in [5.74, 6) is -0.156. The maximum atomic E-state index is 13.5. The van der Waals surface area contributed by atoms with E-state index >= 15 is 0 Å². The van der Waals surface area contributed by atoms with E-state index < -0.39 is 42.0 Å². The van der Waals surface area contributed by atoms with Gasteiger partial charge in [0.2, 0.25) is 0 Å². The van der Waals surface area contributed by atoms with Gasteiger partial charge in [0.1, 0.15) is 24.3 Å². The molecule has 6 rings (SSSR count). The first kappa shape index (κ1) is 32.8. The molecule has 244 valence electrons. The van der Waals surface area contributed by atoms with E-state index in [-0.39, 0.29) is 25.7 Å². The molecule has 0 spiro atoms. The molecule has 4 aromatic carbocycles. The number of carbonyl (C=O) groups is 2. The lowest BCUT2D eigenvalue weighted by Gasteiger charge is -2.44. The van der Waals surface area contributed by atoms with Gasteiger partial charge in [0.25, 0.3) is 0 Å². The second kappa shape index (κ2) is 15.6. The Labute approximate surface area is 279 Å². The molecule has 0 bridgehead atoms. The third-order valence-electron chi connectivity index (χ3n) is 8.39. The number of fused-ring (bicyclic) bond motifs is 3. The van der Waals surface area contributed by atoms with E-state index in [2.05, 4.69) is 12.1 Å². The maximum absolute atomic E-state index is 13.5. The van der Waals surface area contributed by atoms with Crippen LogP contribution >= 0.6 is 11.8 Å². The molecule has 47 heavy (non-hydrogen) atoms. The highest BCUT2D eigenvalue weighted by molar-refractivity contribution is 7.99. The Morgan fingerprint density at radius 3 is 1.79 bits per heavy atom. The van der Waals surface area contributed by atoms with Crippen molar-refractivity contribution in [1.29, 1.82) is 0 Å². The predicted octanol–water partition coefficient (Wildman–Crippen LogP) is 7.14. The van der Waals surface area contributed by atoms with Gasteiger partial charge in [0.05, 0.1) is 20.3 Å². The zero-order chi connectivity index (χ0) is 32.6. The van der Waals surface area contributed by atoms with E-state index in [9.17, 15) is 9.59 Å². The van der Waals surface area contributed by atoms with Crippen LogP contribution in [0, 0.1) is 0 Å². The smallest absolute Gasteiger partial charge is 0.467 e. The molecule has 1 saturated heterocycles. The quantitative estimate of drug-likeness (QED) is 0.148. The molecule has 8 nitrogen and oxygen atoms in total. The van der Waals surface area contributed by atoms with Crippen LogP contribution in [0.1, 0.15) is 35.1 Å². The minimum atomic E-state index is -1.26. The molecule has 0 saturated carbocycles. The highest BCUT2D eigenvalue weighted by Crippen LogP contribution is 2.44. The Morgan fingerprint density at radius 2 is 1.23 bits per heavy atom. The Balaban J connectivity index is 1.26. The van der Waals surface area contributed by atoms with Crippen molar-refractivity contribution < 1.29 is 38.0 Å². The Hall–Kier alpha value is -4.15. The van der Waals surface area contributed by atoms with Crippen LogP contribution in [-0.4, -0.2) is 61.4 Å². The lowest BCUT2D eigenvalue weighted by Crippen LogP contribution is -2.62. The fourth-order valence-electron chi connectivity index (χ4n) is 6.18. The van der Waals surface area contributed by atoms with E-state index in [1.54, 1.807) is 0 Å². The fourth-order valence-corrected chi connectivity index (χ4v) is 7.13. The van der Waals surface area contributed by atoms with E-state index in [1.807, 2.05) is 104 Å². The van der Waals surface area contributed by atoms with Crippen LogP contribution in [0.3, 0.4) is 0 Å². The van der Waals surface area contributed by atoms with E-state index in [4.69, 9.17) is 28.4 Å². The first-order chi connectivity index (χ1) is 23.1. The molecule has 0 radical (unpaired) electrons. The fraction of sp³-hybridized carbons (Fsp3) is 0.316. The number of hydrogen-bond acceptors (Lipinski definition) is 9. The number of ether oxygens (including phenoxy) is 6. The van der Waals surface area contributed by atoms with Gasteiger partial charge in [0, 0.05) is 5.92 Å². The Bertz CT molecular complexity index is 1590. The predicted molar refractivity (Wildman–Crippen MR) is 179 cm³/mol. The summed E-state index contributed by atoms with van der Waals surface area (Å²) < 4.78 is 36.1. The molecule has 9 heteroatoms. The minimum Gasteiger partial charge on any atom is -0.467 e. The first-order valence-electron chi connectivity index (χ1n) is 15.7. The minimum absolute atomic E-state index is 0.0567. The standard InChI is InChI=1S/C38H38O8S/c1-3-47-37-35(43-23-26-16-8-5-9-17-26)32(42-22-25-14-6-4-7-15-25)33(34(45-37)36(39)41-2)46-38(40)44-24-31-29-20-12-10-18-27(29)28-19-11-13-21-30(28)31/h4-21,31-35,37H,3,22-24H2,1-2H3/t32-,33+,34+,35+,37-/m0/s1. The van der Waals surface area contributed by atoms with Crippen molar-refractivity contribution in [2.24, 2.45) is 0 Å². The average molecular weight is 655 g/mol. The summed E-state index contributed by atoms with van der Waals surface area (Å²) in [5, 5.41) is 0. The topological polar surface area (TPSA) is 89.5 Å². The summed E-state index contributed by atoms with van der Waals surface area (Å²) in [6, 6.07) is 35.6. The number of benzene rings is 4. The molecule has 4 aromatic rings. The SMILES string of the molecule is CCS[C@@H]1O[C@@H](C(=O)OC)[C@H](OC(=O)OCC2c3ccccc3-c3ccccc32)[C@H](OCc2ccccc2)[C@H]1OCc1ccccc1. The van der Waals surface area contributed by atoms with Crippen molar-refractivity contribution in [3.05, 3.63) is 131 Å². The van der Waals surface area contributed by atoms with Gasteiger partial charge in [-0.2, -0.15) is 0 Å². The monoisotopic (exact) mass is 654 g/mol. The van der Waals surface area contributed by atoms with Crippen molar-refractivity contribution in [3.8, 4) is 11.1 Å². The van der Waals surface area contributed by atoms with Crippen LogP contribution in [0.4, 0.5) is 4.79 Å². The average Bonchev–Trinajstić information content (AvgIpc) is 3.44. The largest absolute Gasteiger partial charge is 0.508 e. The van der Waals surface area contributed by atoms with Crippen LogP contribution in [0.25, 0.3) is 11.1 Å². The third kappa shape index (κ3) is 7.55. The van der Waals surface area contributed by atoms with Crippen molar-refractivity contribution in [3.63, 3.8) is 0 Å². The van der Waals surface area contributed by atoms with Gasteiger partial charge in [-0.15, -0.1) is 11.8 Å². The molecular formula is C38H38O8S. The molecule has 0 N–H and O–H groups in total. The summed E-state index contributed by atoms with van der Waals surface area (Å²) in [5.41, 5.74) is 5.65. The van der Waals surface area contributed by atoms with Crippen LogP contribution in [0.15, 0.2) is 109 Å². The molecule has 1 aliphatic carbocycles. The van der Waals surface area contributed by atoms with Gasteiger partial charge >= 0.3 is 12.1 Å². The van der Waals surface area contributed by atoms with Crippen LogP contribution in [0.2, 0.25) is 0 Å². The van der Waals surface area contributed by atoms with Crippen LogP contribution in [0.5, 0.6) is 0 Å². The molecular weight excluding hydrogens is 616 g/mol. The van der Waals surface area contributed by atoms with E-state index in [0.29, 0.717) is 5.75 Å². The van der Waals surface area contributed by atoms with E-state index in [1.165, 1.54) is 18.9 Å². The van der Waals surface area contributed by atoms with E-state index in [0.717, 1.165) is 33.4 Å². The molecule has 1 aliphatic heterocycles. The van der Waals surface area contributed by atoms with Gasteiger partial charge < -0.3 is 28.4 Å². The molecule has 2 aliphatic rings. The highest BCUT2D eigenvalue weighted by atomic mass is 32.2. The number of methoxy groups -OCH3 is 1. The number of esters is 1. The summed E-state index contributed by atoms with van der Waals surface area (Å²) in [4.78, 5) is 26.7. The van der Waals surface area contributed by atoms with Crippen molar-refractivity contribution in [2.75, 3.05) is 19.5 Å². The van der Waals surface area contributed by atoms with Crippen LogP contribution in [-0.2, 0) is 46.4 Å². The molecule has 0 aromatic heterocycles. The molecule has 0 amide bonds. The van der Waals surface area contributed by atoms with Gasteiger partial charge in [-0.1, -0.05) is 116 Å².